The minimum Gasteiger partial charge on any atom is -0.375 e. The van der Waals surface area contributed by atoms with Crippen LogP contribution in [0.1, 0.15) is 18.4 Å². The van der Waals surface area contributed by atoms with E-state index in [0.29, 0.717) is 6.61 Å². The van der Waals surface area contributed by atoms with Crippen molar-refractivity contribution in [3.05, 3.63) is 35.9 Å². The van der Waals surface area contributed by atoms with Gasteiger partial charge in [0.15, 0.2) is 0 Å². The Labute approximate surface area is 132 Å². The third kappa shape index (κ3) is 3.66. The lowest BCUT2D eigenvalue weighted by molar-refractivity contribution is -0.131. The summed E-state index contributed by atoms with van der Waals surface area (Å²) in [6, 6.07) is 10.2. The average molecular weight is 303 g/mol. The van der Waals surface area contributed by atoms with Crippen molar-refractivity contribution < 1.29 is 9.53 Å². The number of amides is 1. The second kappa shape index (κ2) is 7.22. The fourth-order valence-electron chi connectivity index (χ4n) is 3.25. The smallest absolute Gasteiger partial charge is 0.240 e. The van der Waals surface area contributed by atoms with Crippen molar-refractivity contribution in [2.24, 2.45) is 0 Å². The zero-order valence-electron chi connectivity index (χ0n) is 13.0. The van der Waals surface area contributed by atoms with Gasteiger partial charge in [-0.3, -0.25) is 4.79 Å². The topological polar surface area (TPSA) is 53.6 Å². The number of piperidine rings is 1. The third-order valence-electron chi connectivity index (χ3n) is 4.68. The molecule has 2 saturated heterocycles. The molecule has 2 aliphatic rings. The van der Waals surface area contributed by atoms with Gasteiger partial charge in [0.25, 0.3) is 0 Å². The Morgan fingerprint density at radius 2 is 1.91 bits per heavy atom. The molecule has 2 fully saturated rings. The molecule has 5 nitrogen and oxygen atoms in total. The number of ether oxygens (including phenoxy) is 1. The lowest BCUT2D eigenvalue weighted by Gasteiger charge is -2.43. The fourth-order valence-corrected chi connectivity index (χ4v) is 3.25. The summed E-state index contributed by atoms with van der Waals surface area (Å²) in [7, 11) is 0. The molecule has 1 aromatic rings. The average Bonchev–Trinajstić information content (AvgIpc) is 2.57. The van der Waals surface area contributed by atoms with E-state index in [1.54, 1.807) is 0 Å². The molecule has 0 saturated carbocycles. The highest BCUT2D eigenvalue weighted by Crippen LogP contribution is 2.23. The van der Waals surface area contributed by atoms with E-state index in [-0.39, 0.29) is 11.4 Å². The number of carbonyl (C=O) groups is 1. The fraction of sp³-hybridized carbons (Fsp3) is 0.588. The maximum atomic E-state index is 12.1. The minimum absolute atomic E-state index is 0.179. The van der Waals surface area contributed by atoms with Crippen LogP contribution >= 0.6 is 0 Å². The Morgan fingerprint density at radius 1 is 1.14 bits per heavy atom. The van der Waals surface area contributed by atoms with Crippen LogP contribution in [0, 0.1) is 0 Å². The van der Waals surface area contributed by atoms with Gasteiger partial charge in [-0.2, -0.15) is 0 Å². The molecule has 120 valence electrons. The van der Waals surface area contributed by atoms with E-state index in [9.17, 15) is 4.79 Å². The predicted octanol–water partition coefficient (Wildman–Crippen LogP) is 0.757. The van der Waals surface area contributed by atoms with E-state index >= 15 is 0 Å². The Kier molecular flexibility index (Phi) is 5.08. The van der Waals surface area contributed by atoms with Gasteiger partial charge in [0.2, 0.25) is 5.91 Å². The monoisotopic (exact) mass is 303 g/mol. The first-order chi connectivity index (χ1) is 10.8. The van der Waals surface area contributed by atoms with Crippen molar-refractivity contribution >= 4 is 5.91 Å². The molecule has 0 radical (unpaired) electrons. The number of rotatable bonds is 5. The Morgan fingerprint density at radius 3 is 2.64 bits per heavy atom. The molecule has 2 N–H and O–H groups in total. The highest BCUT2D eigenvalue weighted by Gasteiger charge is 2.42. The maximum Gasteiger partial charge on any atom is 0.240 e. The molecule has 1 amide bonds. The molecule has 0 atom stereocenters. The van der Waals surface area contributed by atoms with Crippen LogP contribution in [0.4, 0.5) is 0 Å². The van der Waals surface area contributed by atoms with Gasteiger partial charge in [-0.05, 0) is 18.4 Å². The van der Waals surface area contributed by atoms with Gasteiger partial charge < -0.3 is 20.3 Å². The summed E-state index contributed by atoms with van der Waals surface area (Å²) in [5.74, 6) is 0.179. The largest absolute Gasteiger partial charge is 0.375 e. The van der Waals surface area contributed by atoms with Crippen molar-refractivity contribution in [3.63, 3.8) is 0 Å². The lowest BCUT2D eigenvalue weighted by atomic mass is 9.85. The number of nitrogens with zero attached hydrogens (tertiary/aromatic N) is 1. The highest BCUT2D eigenvalue weighted by molar-refractivity contribution is 5.87. The van der Waals surface area contributed by atoms with E-state index in [1.165, 1.54) is 5.56 Å². The van der Waals surface area contributed by atoms with Crippen LogP contribution in [0.25, 0.3) is 0 Å². The van der Waals surface area contributed by atoms with Crippen molar-refractivity contribution in [1.82, 2.24) is 15.5 Å². The van der Waals surface area contributed by atoms with Gasteiger partial charge >= 0.3 is 0 Å². The molecule has 2 heterocycles. The normalized spacial score (nSPS) is 21.7. The van der Waals surface area contributed by atoms with E-state index < -0.39 is 0 Å². The molecule has 3 rings (SSSR count). The molecule has 5 heteroatoms. The van der Waals surface area contributed by atoms with Crippen LogP contribution < -0.4 is 10.6 Å². The van der Waals surface area contributed by atoms with Gasteiger partial charge in [-0.25, -0.2) is 0 Å². The molecule has 0 bridgehead atoms. The standard InChI is InChI=1S/C17H25N3O2/c21-16-17(19-9-8-18-16)6-10-20(11-7-17)12-13-22-14-15-4-2-1-3-5-15/h1-5,19H,6-14H2,(H,18,21). The number of benzene rings is 1. The van der Waals surface area contributed by atoms with Crippen LogP contribution in [0.2, 0.25) is 0 Å². The summed E-state index contributed by atoms with van der Waals surface area (Å²) >= 11 is 0. The number of nitrogens with one attached hydrogen (secondary N) is 2. The van der Waals surface area contributed by atoms with E-state index in [0.717, 1.165) is 52.2 Å². The SMILES string of the molecule is O=C1NCCNC12CCN(CCOCc1ccccc1)CC2. The second-order valence-corrected chi connectivity index (χ2v) is 6.14. The lowest BCUT2D eigenvalue weighted by Crippen LogP contribution is -2.66. The second-order valence-electron chi connectivity index (χ2n) is 6.14. The van der Waals surface area contributed by atoms with E-state index in [1.807, 2.05) is 18.2 Å². The summed E-state index contributed by atoms with van der Waals surface area (Å²) in [5, 5.41) is 6.41. The number of hydrogen-bond donors (Lipinski definition) is 2. The number of carbonyl (C=O) groups excluding carboxylic acids is 1. The van der Waals surface area contributed by atoms with Gasteiger partial charge in [0, 0.05) is 32.7 Å². The molecular formula is C17H25N3O2. The van der Waals surface area contributed by atoms with Crippen LogP contribution in [0.5, 0.6) is 0 Å². The van der Waals surface area contributed by atoms with Crippen molar-refractivity contribution in [3.8, 4) is 0 Å². The summed E-state index contributed by atoms with van der Waals surface area (Å²) < 4.78 is 5.74. The van der Waals surface area contributed by atoms with Gasteiger partial charge in [0.05, 0.1) is 13.2 Å². The van der Waals surface area contributed by atoms with Gasteiger partial charge in [-0.1, -0.05) is 30.3 Å². The zero-order chi connectivity index (χ0) is 15.3. The first-order valence-corrected chi connectivity index (χ1v) is 8.16. The first kappa shape index (κ1) is 15.5. The number of piperazine rings is 1. The van der Waals surface area contributed by atoms with E-state index in [4.69, 9.17) is 4.74 Å². The zero-order valence-corrected chi connectivity index (χ0v) is 13.0. The molecule has 1 spiro atoms. The molecule has 2 aliphatic heterocycles. The molecule has 0 unspecified atom stereocenters. The molecular weight excluding hydrogens is 278 g/mol. The predicted molar refractivity (Wildman–Crippen MR) is 85.5 cm³/mol. The van der Waals surface area contributed by atoms with Gasteiger partial charge in [0.1, 0.15) is 5.54 Å². The van der Waals surface area contributed by atoms with Crippen molar-refractivity contribution in [2.45, 2.75) is 25.0 Å². The van der Waals surface area contributed by atoms with Crippen LogP contribution in [-0.2, 0) is 16.1 Å². The number of likely N-dealkylation sites (tertiary alicyclic amines) is 1. The van der Waals surface area contributed by atoms with Crippen molar-refractivity contribution in [1.29, 1.82) is 0 Å². The molecule has 1 aromatic carbocycles. The summed E-state index contributed by atoms with van der Waals surface area (Å²) in [5.41, 5.74) is 0.891. The minimum atomic E-state index is -0.320. The quantitative estimate of drug-likeness (QED) is 0.789. The summed E-state index contributed by atoms with van der Waals surface area (Å²) in [6.07, 6.45) is 1.77. The van der Waals surface area contributed by atoms with Gasteiger partial charge in [-0.15, -0.1) is 0 Å². The number of hydrogen-bond acceptors (Lipinski definition) is 4. The van der Waals surface area contributed by atoms with Crippen molar-refractivity contribution in [2.75, 3.05) is 39.3 Å². The maximum absolute atomic E-state index is 12.1. The Balaban J connectivity index is 1.36. The molecule has 22 heavy (non-hydrogen) atoms. The molecule has 0 aromatic heterocycles. The van der Waals surface area contributed by atoms with Crippen LogP contribution in [0.15, 0.2) is 30.3 Å². The summed E-state index contributed by atoms with van der Waals surface area (Å²) in [6.45, 7) is 5.88. The first-order valence-electron chi connectivity index (χ1n) is 8.16. The van der Waals surface area contributed by atoms with E-state index in [2.05, 4.69) is 27.7 Å². The molecule has 0 aliphatic carbocycles. The Hall–Kier alpha value is -1.43. The Bertz CT molecular complexity index is 484. The van der Waals surface area contributed by atoms with Crippen LogP contribution in [-0.4, -0.2) is 55.7 Å². The summed E-state index contributed by atoms with van der Waals surface area (Å²) in [4.78, 5) is 14.5. The highest BCUT2D eigenvalue weighted by atomic mass is 16.5. The third-order valence-corrected chi connectivity index (χ3v) is 4.68. The van der Waals surface area contributed by atoms with Crippen LogP contribution in [0.3, 0.4) is 0 Å².